The van der Waals surface area contributed by atoms with Gasteiger partial charge in [-0.1, -0.05) is 0 Å². The lowest BCUT2D eigenvalue weighted by Crippen LogP contribution is -2.00. The zero-order valence-corrected chi connectivity index (χ0v) is 16.5. The number of carbonyl (C=O) groups is 1. The Morgan fingerprint density at radius 1 is 0.862 bits per heavy atom. The van der Waals surface area contributed by atoms with Gasteiger partial charge in [-0.3, -0.25) is 0 Å². The number of rotatable bonds is 6. The summed E-state index contributed by atoms with van der Waals surface area (Å²) in [6.45, 7) is 0. The number of cyclic esters (lactones) is 1. The summed E-state index contributed by atoms with van der Waals surface area (Å²) in [5, 5.41) is 20.1. The maximum absolute atomic E-state index is 12.4. The van der Waals surface area contributed by atoms with Gasteiger partial charge in [-0.15, -0.1) is 0 Å². The lowest BCUT2D eigenvalue weighted by molar-refractivity contribution is -0.139. The normalized spacial score (nSPS) is 17.2. The van der Waals surface area contributed by atoms with Crippen molar-refractivity contribution in [3.05, 3.63) is 41.0 Å². The molecule has 2 aromatic rings. The summed E-state index contributed by atoms with van der Waals surface area (Å²) in [6.07, 6.45) is 1.40. The molecule has 8 heteroatoms. The number of esters is 1. The fourth-order valence-electron chi connectivity index (χ4n) is 3.13. The smallest absolute Gasteiger partial charge is 0.334 e. The van der Waals surface area contributed by atoms with Gasteiger partial charge in [0.05, 0.1) is 28.4 Å². The zero-order chi connectivity index (χ0) is 21.1. The summed E-state index contributed by atoms with van der Waals surface area (Å²) in [5.74, 6) is 0.197. The minimum atomic E-state index is -0.557. The Labute approximate surface area is 167 Å². The molecule has 1 aliphatic rings. The molecule has 8 nitrogen and oxygen atoms in total. The molecule has 0 spiro atoms. The molecular weight excluding hydrogens is 380 g/mol. The van der Waals surface area contributed by atoms with E-state index in [9.17, 15) is 15.0 Å². The van der Waals surface area contributed by atoms with E-state index in [4.69, 9.17) is 23.7 Å². The van der Waals surface area contributed by atoms with E-state index in [2.05, 4.69) is 0 Å². The second kappa shape index (κ2) is 8.22. The van der Waals surface area contributed by atoms with Crippen LogP contribution in [0.15, 0.2) is 29.8 Å². The molecule has 1 fully saturated rings. The first-order valence-electron chi connectivity index (χ1n) is 8.73. The molecule has 29 heavy (non-hydrogen) atoms. The number of hydrogen-bond acceptors (Lipinski definition) is 8. The first-order chi connectivity index (χ1) is 13.9. The standard InChI is InChI=1S/C21H22O8/c1-25-15-6-11(7-16(26-2)19(15)22)5-13-10-14(29-21(13)24)12-8-17(27-3)20(23)18(9-12)28-4/h5-9,14,22-23H,10H2,1-4H3. The van der Waals surface area contributed by atoms with Gasteiger partial charge >= 0.3 is 5.97 Å². The number of methoxy groups -OCH3 is 4. The zero-order valence-electron chi connectivity index (χ0n) is 16.5. The van der Waals surface area contributed by atoms with Gasteiger partial charge < -0.3 is 33.9 Å². The van der Waals surface area contributed by atoms with E-state index >= 15 is 0 Å². The predicted octanol–water partition coefficient (Wildman–Crippen LogP) is 3.20. The van der Waals surface area contributed by atoms with Gasteiger partial charge in [0.1, 0.15) is 6.10 Å². The van der Waals surface area contributed by atoms with Crippen LogP contribution < -0.4 is 18.9 Å². The monoisotopic (exact) mass is 402 g/mol. The van der Waals surface area contributed by atoms with Gasteiger partial charge in [-0.2, -0.15) is 0 Å². The van der Waals surface area contributed by atoms with Crippen LogP contribution in [0.3, 0.4) is 0 Å². The van der Waals surface area contributed by atoms with Crippen molar-refractivity contribution in [2.45, 2.75) is 12.5 Å². The number of benzene rings is 2. The molecule has 0 aliphatic carbocycles. The van der Waals surface area contributed by atoms with Gasteiger partial charge in [-0.05, 0) is 35.9 Å². The van der Waals surface area contributed by atoms with Gasteiger partial charge in [0.25, 0.3) is 0 Å². The molecule has 0 radical (unpaired) electrons. The minimum absolute atomic E-state index is 0.118. The molecule has 1 saturated heterocycles. The van der Waals surface area contributed by atoms with Crippen LogP contribution in [0.5, 0.6) is 34.5 Å². The molecule has 0 bridgehead atoms. The van der Waals surface area contributed by atoms with Crippen molar-refractivity contribution in [1.29, 1.82) is 0 Å². The number of hydrogen-bond donors (Lipinski definition) is 2. The highest BCUT2D eigenvalue weighted by molar-refractivity contribution is 5.96. The number of ether oxygens (including phenoxy) is 5. The quantitative estimate of drug-likeness (QED) is 0.561. The number of phenols is 2. The highest BCUT2D eigenvalue weighted by atomic mass is 16.6. The molecule has 2 aromatic carbocycles. The molecule has 2 N–H and O–H groups in total. The second-order valence-electron chi connectivity index (χ2n) is 6.32. The van der Waals surface area contributed by atoms with Crippen LogP contribution >= 0.6 is 0 Å². The Hall–Kier alpha value is -3.55. The highest BCUT2D eigenvalue weighted by Gasteiger charge is 2.31. The van der Waals surface area contributed by atoms with E-state index in [-0.39, 0.29) is 34.5 Å². The maximum Gasteiger partial charge on any atom is 0.334 e. The number of aromatic hydroxyl groups is 2. The van der Waals surface area contributed by atoms with Crippen molar-refractivity contribution in [3.63, 3.8) is 0 Å². The summed E-state index contributed by atoms with van der Waals surface area (Å²) in [6, 6.07) is 6.40. The molecule has 1 heterocycles. The molecule has 0 aromatic heterocycles. The minimum Gasteiger partial charge on any atom is -0.502 e. The summed E-state index contributed by atoms with van der Waals surface area (Å²) < 4.78 is 26.1. The lowest BCUT2D eigenvalue weighted by atomic mass is 10.0. The van der Waals surface area contributed by atoms with Gasteiger partial charge in [0.15, 0.2) is 23.0 Å². The molecular formula is C21H22O8. The van der Waals surface area contributed by atoms with Crippen LogP contribution in [0.1, 0.15) is 23.7 Å². The van der Waals surface area contributed by atoms with Crippen molar-refractivity contribution in [2.24, 2.45) is 0 Å². The molecule has 1 unspecified atom stereocenters. The Morgan fingerprint density at radius 2 is 1.31 bits per heavy atom. The maximum atomic E-state index is 12.4. The fraction of sp³-hybridized carbons (Fsp3) is 0.286. The van der Waals surface area contributed by atoms with Crippen LogP contribution in [0.4, 0.5) is 0 Å². The second-order valence-corrected chi connectivity index (χ2v) is 6.32. The third kappa shape index (κ3) is 3.87. The summed E-state index contributed by atoms with van der Waals surface area (Å²) in [5.41, 5.74) is 1.69. The van der Waals surface area contributed by atoms with Gasteiger partial charge in [0.2, 0.25) is 11.5 Å². The highest BCUT2D eigenvalue weighted by Crippen LogP contribution is 2.43. The molecule has 3 rings (SSSR count). The topological polar surface area (TPSA) is 104 Å². The Kier molecular flexibility index (Phi) is 5.72. The average Bonchev–Trinajstić information content (AvgIpc) is 3.09. The number of carbonyl (C=O) groups excluding carboxylic acids is 1. The Balaban J connectivity index is 1.93. The first kappa shape index (κ1) is 20.2. The van der Waals surface area contributed by atoms with Crippen molar-refractivity contribution in [1.82, 2.24) is 0 Å². The lowest BCUT2D eigenvalue weighted by Gasteiger charge is -2.14. The first-order valence-corrected chi connectivity index (χ1v) is 8.73. The van der Waals surface area contributed by atoms with Crippen LogP contribution in [0, 0.1) is 0 Å². The molecule has 0 saturated carbocycles. The summed E-state index contributed by atoms with van der Waals surface area (Å²) >= 11 is 0. The largest absolute Gasteiger partial charge is 0.502 e. The number of phenolic OH excluding ortho intramolecular Hbond substituents is 2. The van der Waals surface area contributed by atoms with Crippen molar-refractivity contribution in [2.75, 3.05) is 28.4 Å². The van der Waals surface area contributed by atoms with E-state index in [0.717, 1.165) is 0 Å². The van der Waals surface area contributed by atoms with Crippen molar-refractivity contribution >= 4 is 12.0 Å². The van der Waals surface area contributed by atoms with E-state index < -0.39 is 12.1 Å². The van der Waals surface area contributed by atoms with Gasteiger partial charge in [0, 0.05) is 17.6 Å². The van der Waals surface area contributed by atoms with E-state index in [1.807, 2.05) is 0 Å². The van der Waals surface area contributed by atoms with Crippen molar-refractivity contribution < 1.29 is 38.7 Å². The molecule has 1 atom stereocenters. The molecule has 0 amide bonds. The van der Waals surface area contributed by atoms with E-state index in [1.54, 1.807) is 30.3 Å². The average molecular weight is 402 g/mol. The Morgan fingerprint density at radius 3 is 1.76 bits per heavy atom. The van der Waals surface area contributed by atoms with E-state index in [0.29, 0.717) is 23.1 Å². The molecule has 1 aliphatic heterocycles. The van der Waals surface area contributed by atoms with Crippen LogP contribution in [0.25, 0.3) is 6.08 Å². The van der Waals surface area contributed by atoms with Crippen molar-refractivity contribution in [3.8, 4) is 34.5 Å². The Bertz CT molecular complexity index is 913. The summed E-state index contributed by atoms with van der Waals surface area (Å²) in [7, 11) is 5.71. The predicted molar refractivity (Wildman–Crippen MR) is 104 cm³/mol. The molecule has 154 valence electrons. The SMILES string of the molecule is COc1cc(C=C2CC(c3cc(OC)c(O)c(OC)c3)OC2=O)cc(OC)c1O. The van der Waals surface area contributed by atoms with Crippen LogP contribution in [-0.4, -0.2) is 44.6 Å². The third-order valence-corrected chi connectivity index (χ3v) is 4.63. The van der Waals surface area contributed by atoms with Gasteiger partial charge in [-0.25, -0.2) is 4.79 Å². The van der Waals surface area contributed by atoms with Crippen LogP contribution in [0.2, 0.25) is 0 Å². The third-order valence-electron chi connectivity index (χ3n) is 4.63. The summed E-state index contributed by atoms with van der Waals surface area (Å²) in [4.78, 5) is 12.4. The fourth-order valence-corrected chi connectivity index (χ4v) is 3.13. The van der Waals surface area contributed by atoms with Crippen LogP contribution in [-0.2, 0) is 9.53 Å². The van der Waals surface area contributed by atoms with E-state index in [1.165, 1.54) is 28.4 Å².